The van der Waals surface area contributed by atoms with Gasteiger partial charge < -0.3 is 5.32 Å². The van der Waals surface area contributed by atoms with Gasteiger partial charge in [0.1, 0.15) is 22.8 Å². The molecule has 0 radical (unpaired) electrons. The summed E-state index contributed by atoms with van der Waals surface area (Å²) in [5.74, 6) is -2.45. The summed E-state index contributed by atoms with van der Waals surface area (Å²) in [5, 5.41) is 11.5. The van der Waals surface area contributed by atoms with Crippen molar-refractivity contribution >= 4 is 22.8 Å². The maximum absolute atomic E-state index is 14.1. The minimum atomic E-state index is -1.00. The van der Waals surface area contributed by atoms with Gasteiger partial charge in [-0.2, -0.15) is 19.9 Å². The van der Waals surface area contributed by atoms with Crippen molar-refractivity contribution in [1.82, 2.24) is 29.5 Å². The number of benzene rings is 2. The number of amides is 1. The number of anilines is 1. The molecule has 9 nitrogen and oxygen atoms in total. The Morgan fingerprint density at radius 3 is 2.63 bits per heavy atom. The Balaban J connectivity index is 1.61. The van der Waals surface area contributed by atoms with Crippen molar-refractivity contribution in [2.45, 2.75) is 20.8 Å². The topological polar surface area (TPSA) is 110 Å². The Morgan fingerprint density at radius 1 is 1.06 bits per heavy atom. The first-order valence-corrected chi connectivity index (χ1v) is 10.6. The van der Waals surface area contributed by atoms with Crippen molar-refractivity contribution in [2.24, 2.45) is 0 Å². The number of carbonyl (C=O) groups is 1. The number of hydrogen-bond donors (Lipinski definition) is 2. The number of aryl methyl sites for hydroxylation is 2. The zero-order valence-electron chi connectivity index (χ0n) is 18.9. The number of hydrogen-bond acceptors (Lipinski definition) is 5. The Kier molecular flexibility index (Phi) is 5.24. The summed E-state index contributed by atoms with van der Waals surface area (Å²) in [5.41, 5.74) is 2.81. The number of aromatic nitrogens is 6. The van der Waals surface area contributed by atoms with Crippen LogP contribution in [0.4, 0.5) is 14.6 Å². The minimum Gasteiger partial charge on any atom is -0.306 e. The van der Waals surface area contributed by atoms with Crippen LogP contribution >= 0.6 is 0 Å². The standard InChI is InChI=1S/C24H19F2N7O2/c1-12-5-4-6-19(14(12)3)32-21-17(11-27-32)23(35)30-24(29-21)33-20(9-13(2)31-33)28-22(34)16-8-7-15(25)10-18(16)26/h4-11H,1-3H3,(H,28,34)(H,29,30,35). The summed E-state index contributed by atoms with van der Waals surface area (Å²) in [6.45, 7) is 5.61. The maximum Gasteiger partial charge on any atom is 0.263 e. The third kappa shape index (κ3) is 3.86. The third-order valence-electron chi connectivity index (χ3n) is 5.68. The average molecular weight is 475 g/mol. The summed E-state index contributed by atoms with van der Waals surface area (Å²) in [4.78, 5) is 32.7. The molecule has 0 atom stereocenters. The first kappa shape index (κ1) is 22.1. The fraction of sp³-hybridized carbons (Fsp3) is 0.125. The first-order valence-electron chi connectivity index (χ1n) is 10.6. The molecule has 0 fully saturated rings. The highest BCUT2D eigenvalue weighted by Gasteiger charge is 2.19. The fourth-order valence-corrected chi connectivity index (χ4v) is 3.76. The van der Waals surface area contributed by atoms with E-state index in [4.69, 9.17) is 0 Å². The summed E-state index contributed by atoms with van der Waals surface area (Å²) < 4.78 is 30.1. The fourth-order valence-electron chi connectivity index (χ4n) is 3.76. The summed E-state index contributed by atoms with van der Waals surface area (Å²) in [7, 11) is 0. The van der Waals surface area contributed by atoms with Crippen LogP contribution < -0.4 is 10.9 Å². The van der Waals surface area contributed by atoms with E-state index in [0.29, 0.717) is 17.4 Å². The van der Waals surface area contributed by atoms with E-state index in [1.165, 1.54) is 16.9 Å². The maximum atomic E-state index is 14.1. The third-order valence-corrected chi connectivity index (χ3v) is 5.68. The molecule has 0 spiro atoms. The Hall–Kier alpha value is -4.67. The van der Waals surface area contributed by atoms with Gasteiger partial charge in [0.05, 0.1) is 23.1 Å². The van der Waals surface area contributed by atoms with Crippen LogP contribution in [0.25, 0.3) is 22.7 Å². The molecule has 0 aliphatic heterocycles. The molecule has 0 aliphatic rings. The summed E-state index contributed by atoms with van der Waals surface area (Å²) in [6, 6.07) is 9.92. The van der Waals surface area contributed by atoms with Crippen LogP contribution in [0, 0.1) is 32.4 Å². The van der Waals surface area contributed by atoms with Gasteiger partial charge in [-0.25, -0.2) is 13.5 Å². The molecule has 0 bridgehead atoms. The average Bonchev–Trinajstić information content (AvgIpc) is 3.39. The van der Waals surface area contributed by atoms with Crippen LogP contribution in [-0.4, -0.2) is 35.4 Å². The molecule has 35 heavy (non-hydrogen) atoms. The van der Waals surface area contributed by atoms with E-state index in [2.05, 4.69) is 25.5 Å². The number of aromatic amines is 1. The van der Waals surface area contributed by atoms with E-state index in [0.717, 1.165) is 28.9 Å². The van der Waals surface area contributed by atoms with Gasteiger partial charge in [-0.3, -0.25) is 14.6 Å². The van der Waals surface area contributed by atoms with E-state index >= 15 is 0 Å². The smallest absolute Gasteiger partial charge is 0.263 e. The number of fused-ring (bicyclic) bond motifs is 1. The number of nitrogens with one attached hydrogen (secondary N) is 2. The predicted molar refractivity (Wildman–Crippen MR) is 125 cm³/mol. The molecule has 0 saturated heterocycles. The highest BCUT2D eigenvalue weighted by molar-refractivity contribution is 6.04. The van der Waals surface area contributed by atoms with Gasteiger partial charge in [-0.15, -0.1) is 0 Å². The van der Waals surface area contributed by atoms with Crippen LogP contribution in [0.5, 0.6) is 0 Å². The number of H-pyrrole nitrogens is 1. The molecule has 0 unspecified atom stereocenters. The molecule has 11 heteroatoms. The molecule has 2 aromatic carbocycles. The van der Waals surface area contributed by atoms with Crippen molar-refractivity contribution in [3.05, 3.63) is 93.0 Å². The second-order valence-corrected chi connectivity index (χ2v) is 8.06. The van der Waals surface area contributed by atoms with E-state index in [9.17, 15) is 18.4 Å². The van der Waals surface area contributed by atoms with Crippen LogP contribution in [-0.2, 0) is 0 Å². The first-order chi connectivity index (χ1) is 16.7. The molecule has 5 aromatic rings. The second kappa shape index (κ2) is 8.28. The molecule has 2 N–H and O–H groups in total. The van der Waals surface area contributed by atoms with E-state index in [-0.39, 0.29) is 22.7 Å². The second-order valence-electron chi connectivity index (χ2n) is 8.06. The van der Waals surface area contributed by atoms with Gasteiger partial charge in [0.15, 0.2) is 5.65 Å². The van der Waals surface area contributed by atoms with E-state index in [1.54, 1.807) is 11.6 Å². The van der Waals surface area contributed by atoms with Gasteiger partial charge in [0.25, 0.3) is 11.5 Å². The molecule has 5 rings (SSSR count). The summed E-state index contributed by atoms with van der Waals surface area (Å²) in [6.07, 6.45) is 1.43. The quantitative estimate of drug-likeness (QED) is 0.411. The monoisotopic (exact) mass is 475 g/mol. The van der Waals surface area contributed by atoms with Crippen molar-refractivity contribution in [2.75, 3.05) is 5.32 Å². The molecule has 3 aromatic heterocycles. The van der Waals surface area contributed by atoms with Crippen molar-refractivity contribution in [3.63, 3.8) is 0 Å². The van der Waals surface area contributed by atoms with Gasteiger partial charge in [0.2, 0.25) is 5.95 Å². The number of halogens is 2. The molecular weight excluding hydrogens is 456 g/mol. The van der Waals surface area contributed by atoms with Gasteiger partial charge in [-0.1, -0.05) is 12.1 Å². The van der Waals surface area contributed by atoms with Crippen molar-refractivity contribution < 1.29 is 13.6 Å². The number of rotatable bonds is 4. The Morgan fingerprint density at radius 2 is 1.86 bits per heavy atom. The molecule has 176 valence electrons. The molecule has 0 saturated carbocycles. The van der Waals surface area contributed by atoms with Crippen molar-refractivity contribution in [1.29, 1.82) is 0 Å². The van der Waals surface area contributed by atoms with Gasteiger partial charge in [-0.05, 0) is 50.1 Å². The lowest BCUT2D eigenvalue weighted by Crippen LogP contribution is -2.20. The highest BCUT2D eigenvalue weighted by atomic mass is 19.1. The van der Waals surface area contributed by atoms with Crippen LogP contribution in [0.1, 0.15) is 27.2 Å². The Labute approximate surface area is 197 Å². The molecule has 3 heterocycles. The normalized spacial score (nSPS) is 11.2. The molecule has 1 amide bonds. The molecular formula is C24H19F2N7O2. The number of carbonyl (C=O) groups excluding carboxylic acids is 1. The van der Waals surface area contributed by atoms with Gasteiger partial charge in [0, 0.05) is 12.1 Å². The van der Waals surface area contributed by atoms with Crippen LogP contribution in [0.15, 0.2) is 53.5 Å². The minimum absolute atomic E-state index is 0.0255. The zero-order valence-corrected chi connectivity index (χ0v) is 18.9. The summed E-state index contributed by atoms with van der Waals surface area (Å²) >= 11 is 0. The van der Waals surface area contributed by atoms with E-state index < -0.39 is 23.1 Å². The lowest BCUT2D eigenvalue weighted by atomic mass is 10.1. The highest BCUT2D eigenvalue weighted by Crippen LogP contribution is 2.22. The van der Waals surface area contributed by atoms with Crippen LogP contribution in [0.3, 0.4) is 0 Å². The lowest BCUT2D eigenvalue weighted by Gasteiger charge is -2.11. The van der Waals surface area contributed by atoms with Crippen LogP contribution in [0.2, 0.25) is 0 Å². The lowest BCUT2D eigenvalue weighted by molar-refractivity contribution is 0.102. The number of nitrogens with zero attached hydrogens (tertiary/aromatic N) is 5. The SMILES string of the molecule is Cc1cc(NC(=O)c2ccc(F)cc2F)n(-c2nc3c(cnn3-c3cccc(C)c3C)c(=O)[nH]2)n1. The predicted octanol–water partition coefficient (Wildman–Crippen LogP) is 3.75. The molecule has 0 aliphatic carbocycles. The van der Waals surface area contributed by atoms with Crippen molar-refractivity contribution in [3.8, 4) is 11.6 Å². The van der Waals surface area contributed by atoms with E-state index in [1.807, 2.05) is 32.0 Å². The van der Waals surface area contributed by atoms with Gasteiger partial charge >= 0.3 is 0 Å². The zero-order chi connectivity index (χ0) is 24.9. The Bertz CT molecular complexity index is 1680. The largest absolute Gasteiger partial charge is 0.306 e.